The summed E-state index contributed by atoms with van der Waals surface area (Å²) >= 11 is 0. The second kappa shape index (κ2) is 7.18. The number of fused-ring (bicyclic) bond motifs is 1. The Kier molecular flexibility index (Phi) is 5.01. The number of carbonyl (C=O) groups is 1. The standard InChI is InChI=1S/C19H26N2O2/c1-21(2)12-15-8-3-5-9-17(15)20-19(22)16-11-14-7-4-6-10-18(14)23-13-16/h4,6-7,10-11,15,17H,3,5,8-9,12-13H2,1-2H3,(H,20,22). The van der Waals surface area contributed by atoms with Crippen molar-refractivity contribution >= 4 is 12.0 Å². The minimum atomic E-state index is 0.0233. The van der Waals surface area contributed by atoms with Crippen LogP contribution in [-0.4, -0.2) is 44.1 Å². The van der Waals surface area contributed by atoms with Crippen molar-refractivity contribution in [1.82, 2.24) is 10.2 Å². The number of benzene rings is 1. The third kappa shape index (κ3) is 3.94. The van der Waals surface area contributed by atoms with Crippen LogP contribution in [0.3, 0.4) is 0 Å². The Morgan fingerprint density at radius 1 is 1.26 bits per heavy atom. The SMILES string of the molecule is CN(C)CC1CCCCC1NC(=O)C1=Cc2ccccc2OC1. The van der Waals surface area contributed by atoms with Gasteiger partial charge in [-0.15, -0.1) is 0 Å². The van der Waals surface area contributed by atoms with Gasteiger partial charge in [-0.25, -0.2) is 0 Å². The number of hydrogen-bond donors (Lipinski definition) is 1. The molecule has 1 saturated carbocycles. The fourth-order valence-electron chi connectivity index (χ4n) is 3.59. The Balaban J connectivity index is 1.68. The summed E-state index contributed by atoms with van der Waals surface area (Å²) in [7, 11) is 4.20. The first-order chi connectivity index (χ1) is 11.1. The molecule has 1 amide bonds. The molecule has 1 N–H and O–H groups in total. The van der Waals surface area contributed by atoms with Gasteiger partial charge < -0.3 is 15.0 Å². The molecule has 2 aliphatic rings. The maximum absolute atomic E-state index is 12.6. The zero-order valence-electron chi connectivity index (χ0n) is 14.0. The van der Waals surface area contributed by atoms with E-state index >= 15 is 0 Å². The average Bonchev–Trinajstić information content (AvgIpc) is 2.55. The monoisotopic (exact) mass is 314 g/mol. The Hall–Kier alpha value is -1.81. The van der Waals surface area contributed by atoms with Crippen molar-refractivity contribution < 1.29 is 9.53 Å². The molecule has 2 atom stereocenters. The third-order valence-electron chi connectivity index (χ3n) is 4.75. The predicted molar refractivity (Wildman–Crippen MR) is 92.4 cm³/mol. The van der Waals surface area contributed by atoms with Crippen LogP contribution in [0, 0.1) is 5.92 Å². The third-order valence-corrected chi connectivity index (χ3v) is 4.75. The second-order valence-electron chi connectivity index (χ2n) is 6.88. The highest BCUT2D eigenvalue weighted by atomic mass is 16.5. The summed E-state index contributed by atoms with van der Waals surface area (Å²) in [5, 5.41) is 3.26. The number of amides is 1. The number of ether oxygens (including phenoxy) is 1. The zero-order valence-corrected chi connectivity index (χ0v) is 14.0. The Morgan fingerprint density at radius 2 is 2.04 bits per heavy atom. The van der Waals surface area contributed by atoms with Gasteiger partial charge in [0, 0.05) is 18.2 Å². The molecule has 1 aromatic rings. The molecule has 0 radical (unpaired) electrons. The lowest BCUT2D eigenvalue weighted by atomic mass is 9.84. The van der Waals surface area contributed by atoms with E-state index < -0.39 is 0 Å². The van der Waals surface area contributed by atoms with Crippen LogP contribution in [0.25, 0.3) is 6.08 Å². The number of nitrogens with zero attached hydrogens (tertiary/aromatic N) is 1. The smallest absolute Gasteiger partial charge is 0.250 e. The normalized spacial score (nSPS) is 23.7. The number of carbonyl (C=O) groups excluding carboxylic acids is 1. The maximum Gasteiger partial charge on any atom is 0.250 e. The first-order valence-electron chi connectivity index (χ1n) is 8.51. The first kappa shape index (κ1) is 16.1. The van der Waals surface area contributed by atoms with Crippen molar-refractivity contribution in [3.8, 4) is 5.75 Å². The minimum Gasteiger partial charge on any atom is -0.488 e. The molecule has 0 aromatic heterocycles. The Labute approximate surface area is 138 Å². The van der Waals surface area contributed by atoms with Gasteiger partial charge >= 0.3 is 0 Å². The molecule has 0 spiro atoms. The number of nitrogens with one attached hydrogen (secondary N) is 1. The molecule has 2 unspecified atom stereocenters. The van der Waals surface area contributed by atoms with Crippen LogP contribution < -0.4 is 10.1 Å². The first-order valence-corrected chi connectivity index (χ1v) is 8.51. The molecular weight excluding hydrogens is 288 g/mol. The number of hydrogen-bond acceptors (Lipinski definition) is 3. The van der Waals surface area contributed by atoms with E-state index in [0.717, 1.165) is 29.9 Å². The van der Waals surface area contributed by atoms with E-state index in [1.165, 1.54) is 19.3 Å². The van der Waals surface area contributed by atoms with Crippen molar-refractivity contribution in [3.63, 3.8) is 0 Å². The lowest BCUT2D eigenvalue weighted by molar-refractivity contribution is -0.119. The molecule has 1 fully saturated rings. The summed E-state index contributed by atoms with van der Waals surface area (Å²) < 4.78 is 5.70. The van der Waals surface area contributed by atoms with Crippen molar-refractivity contribution in [2.45, 2.75) is 31.7 Å². The summed E-state index contributed by atoms with van der Waals surface area (Å²) in [5.41, 5.74) is 1.70. The van der Waals surface area contributed by atoms with Gasteiger partial charge in [-0.2, -0.15) is 0 Å². The summed E-state index contributed by atoms with van der Waals surface area (Å²) in [4.78, 5) is 14.9. The quantitative estimate of drug-likeness (QED) is 0.929. The molecule has 124 valence electrons. The van der Waals surface area contributed by atoms with Gasteiger partial charge in [0.25, 0.3) is 5.91 Å². The minimum absolute atomic E-state index is 0.0233. The molecule has 0 bridgehead atoms. The number of rotatable bonds is 4. The van der Waals surface area contributed by atoms with E-state index in [1.54, 1.807) is 0 Å². The molecule has 1 aliphatic heterocycles. The van der Waals surface area contributed by atoms with Crippen LogP contribution in [-0.2, 0) is 4.79 Å². The Morgan fingerprint density at radius 3 is 2.87 bits per heavy atom. The van der Waals surface area contributed by atoms with Crippen LogP contribution in [0.15, 0.2) is 29.8 Å². The second-order valence-corrected chi connectivity index (χ2v) is 6.88. The average molecular weight is 314 g/mol. The largest absolute Gasteiger partial charge is 0.488 e. The van der Waals surface area contributed by atoms with E-state index in [-0.39, 0.29) is 11.9 Å². The highest BCUT2D eigenvalue weighted by Gasteiger charge is 2.28. The molecule has 4 nitrogen and oxygen atoms in total. The van der Waals surface area contributed by atoms with Gasteiger partial charge in [-0.05, 0) is 45.0 Å². The molecule has 23 heavy (non-hydrogen) atoms. The van der Waals surface area contributed by atoms with Gasteiger partial charge in [-0.1, -0.05) is 31.0 Å². The van der Waals surface area contributed by atoms with E-state index in [0.29, 0.717) is 12.5 Å². The molecule has 1 aromatic carbocycles. The fourth-order valence-corrected chi connectivity index (χ4v) is 3.59. The topological polar surface area (TPSA) is 41.6 Å². The Bertz CT molecular complexity index is 595. The van der Waals surface area contributed by atoms with Crippen molar-refractivity contribution in [3.05, 3.63) is 35.4 Å². The van der Waals surface area contributed by atoms with Gasteiger partial charge in [0.05, 0.1) is 5.57 Å². The zero-order chi connectivity index (χ0) is 16.2. The highest BCUT2D eigenvalue weighted by Crippen LogP contribution is 2.28. The lowest BCUT2D eigenvalue weighted by Crippen LogP contribution is -2.46. The van der Waals surface area contributed by atoms with Gasteiger partial charge in [0.1, 0.15) is 12.4 Å². The van der Waals surface area contributed by atoms with E-state index in [9.17, 15) is 4.79 Å². The van der Waals surface area contributed by atoms with Gasteiger partial charge in [-0.3, -0.25) is 4.79 Å². The molecule has 0 saturated heterocycles. The fraction of sp³-hybridized carbons (Fsp3) is 0.526. The van der Waals surface area contributed by atoms with Crippen molar-refractivity contribution in [2.75, 3.05) is 27.2 Å². The summed E-state index contributed by atoms with van der Waals surface area (Å²) in [6.07, 6.45) is 6.70. The van der Waals surface area contributed by atoms with Crippen LogP contribution in [0.4, 0.5) is 0 Å². The summed E-state index contributed by atoms with van der Waals surface area (Å²) in [6, 6.07) is 8.11. The molecule has 3 rings (SSSR count). The molecule has 4 heteroatoms. The molecular formula is C19H26N2O2. The van der Waals surface area contributed by atoms with E-state index in [2.05, 4.69) is 24.3 Å². The summed E-state index contributed by atoms with van der Waals surface area (Å²) in [6.45, 7) is 1.39. The molecule has 1 aliphatic carbocycles. The van der Waals surface area contributed by atoms with E-state index in [4.69, 9.17) is 4.74 Å². The lowest BCUT2D eigenvalue weighted by Gasteiger charge is -2.34. The van der Waals surface area contributed by atoms with Crippen LogP contribution in [0.5, 0.6) is 5.75 Å². The van der Waals surface area contributed by atoms with Gasteiger partial charge in [0.15, 0.2) is 0 Å². The van der Waals surface area contributed by atoms with Crippen molar-refractivity contribution in [2.24, 2.45) is 5.92 Å². The van der Waals surface area contributed by atoms with Crippen molar-refractivity contribution in [1.29, 1.82) is 0 Å². The summed E-state index contributed by atoms with van der Waals surface area (Å²) in [5.74, 6) is 1.42. The van der Waals surface area contributed by atoms with Crippen LogP contribution >= 0.6 is 0 Å². The van der Waals surface area contributed by atoms with Crippen LogP contribution in [0.2, 0.25) is 0 Å². The van der Waals surface area contributed by atoms with E-state index in [1.807, 2.05) is 30.3 Å². The number of para-hydroxylation sites is 1. The van der Waals surface area contributed by atoms with Crippen LogP contribution in [0.1, 0.15) is 31.2 Å². The highest BCUT2D eigenvalue weighted by molar-refractivity contribution is 5.99. The molecule has 1 heterocycles. The predicted octanol–water partition coefficient (Wildman–Crippen LogP) is 2.70. The maximum atomic E-state index is 12.6. The van der Waals surface area contributed by atoms with Gasteiger partial charge in [0.2, 0.25) is 0 Å².